The molecule has 4 rings (SSSR count). The Morgan fingerprint density at radius 1 is 1.13 bits per heavy atom. The lowest BCUT2D eigenvalue weighted by Gasteiger charge is -2.22. The normalized spacial score (nSPS) is 20.2. The van der Waals surface area contributed by atoms with Gasteiger partial charge in [-0.3, -0.25) is 0 Å². The maximum atomic E-state index is 6.19. The zero-order valence-electron chi connectivity index (χ0n) is 13.4. The minimum atomic E-state index is 0.313. The smallest absolute Gasteiger partial charge is 0.265 e. The molecule has 2 aliphatic rings. The van der Waals surface area contributed by atoms with E-state index in [1.54, 1.807) is 0 Å². The van der Waals surface area contributed by atoms with Crippen LogP contribution in [0, 0.1) is 5.92 Å². The van der Waals surface area contributed by atoms with Crippen molar-refractivity contribution >= 4 is 11.0 Å². The number of ether oxygens (including phenoxy) is 2. The molecule has 2 fully saturated rings. The maximum Gasteiger partial charge on any atom is 0.265 e. The van der Waals surface area contributed by atoms with Crippen LogP contribution in [0.25, 0.3) is 11.0 Å². The van der Waals surface area contributed by atoms with Crippen LogP contribution in [-0.2, 0) is 0 Å². The van der Waals surface area contributed by atoms with Crippen molar-refractivity contribution in [1.29, 1.82) is 0 Å². The lowest BCUT2D eigenvalue weighted by molar-refractivity contribution is 0.199. The van der Waals surface area contributed by atoms with E-state index in [0.29, 0.717) is 24.5 Å². The summed E-state index contributed by atoms with van der Waals surface area (Å²) >= 11 is 0. The van der Waals surface area contributed by atoms with Gasteiger partial charge in [-0.15, -0.1) is 0 Å². The highest BCUT2D eigenvalue weighted by atomic mass is 16.5. The van der Waals surface area contributed by atoms with Gasteiger partial charge in [-0.05, 0) is 74.8 Å². The Morgan fingerprint density at radius 3 is 2.78 bits per heavy atom. The van der Waals surface area contributed by atoms with E-state index in [1.165, 1.54) is 12.8 Å². The molecular weight excluding hydrogens is 292 g/mol. The molecule has 5 heteroatoms. The van der Waals surface area contributed by atoms with Crippen molar-refractivity contribution in [2.45, 2.75) is 44.6 Å². The molecule has 2 aromatic rings. The fourth-order valence-electron chi connectivity index (χ4n) is 3.56. The summed E-state index contributed by atoms with van der Waals surface area (Å²) in [7, 11) is 0. The van der Waals surface area contributed by atoms with E-state index in [0.717, 1.165) is 55.5 Å². The number of nitrogens with zero attached hydrogens (tertiary/aromatic N) is 1. The number of hydrogen-bond donors (Lipinski definition) is 1. The van der Waals surface area contributed by atoms with Crippen LogP contribution in [-0.4, -0.2) is 31.0 Å². The average molecular weight is 316 g/mol. The van der Waals surface area contributed by atoms with Gasteiger partial charge in [-0.2, -0.15) is 0 Å². The van der Waals surface area contributed by atoms with Gasteiger partial charge >= 0.3 is 0 Å². The highest BCUT2D eigenvalue weighted by Crippen LogP contribution is 2.36. The van der Waals surface area contributed by atoms with E-state index in [4.69, 9.17) is 14.0 Å². The Balaban J connectivity index is 1.51. The maximum absolute atomic E-state index is 6.19. The third-order valence-electron chi connectivity index (χ3n) is 4.94. The molecule has 23 heavy (non-hydrogen) atoms. The predicted molar refractivity (Wildman–Crippen MR) is 88.0 cm³/mol. The number of fused-ring (bicyclic) bond motifs is 1. The minimum absolute atomic E-state index is 0.313. The molecule has 1 saturated heterocycles. The SMILES string of the molecule is c1cc(OC2CCCC2)c2c(OCC3CCNCC3)noc2c1. The number of aromatic nitrogens is 1. The van der Waals surface area contributed by atoms with E-state index in [9.17, 15) is 0 Å². The summed E-state index contributed by atoms with van der Waals surface area (Å²) in [4.78, 5) is 0. The first-order valence-corrected chi connectivity index (χ1v) is 8.79. The van der Waals surface area contributed by atoms with Crippen molar-refractivity contribution in [2.24, 2.45) is 5.92 Å². The van der Waals surface area contributed by atoms with Gasteiger partial charge in [0.05, 0.1) is 12.7 Å². The zero-order valence-corrected chi connectivity index (χ0v) is 13.4. The number of nitrogens with one attached hydrogen (secondary N) is 1. The monoisotopic (exact) mass is 316 g/mol. The van der Waals surface area contributed by atoms with Crippen molar-refractivity contribution in [1.82, 2.24) is 10.5 Å². The Labute approximate surface area is 136 Å². The molecule has 2 heterocycles. The molecule has 0 bridgehead atoms. The largest absolute Gasteiger partial charge is 0.489 e. The van der Waals surface area contributed by atoms with E-state index < -0.39 is 0 Å². The summed E-state index contributed by atoms with van der Waals surface area (Å²) in [6, 6.07) is 5.87. The predicted octanol–water partition coefficient (Wildman–Crippen LogP) is 3.53. The Morgan fingerprint density at radius 2 is 1.96 bits per heavy atom. The van der Waals surface area contributed by atoms with Crippen LogP contribution in [0.2, 0.25) is 0 Å². The third kappa shape index (κ3) is 3.29. The molecule has 124 valence electrons. The molecule has 1 aromatic carbocycles. The van der Waals surface area contributed by atoms with Crippen LogP contribution in [0.3, 0.4) is 0 Å². The quantitative estimate of drug-likeness (QED) is 0.914. The third-order valence-corrected chi connectivity index (χ3v) is 4.94. The first kappa shape index (κ1) is 14.8. The lowest BCUT2D eigenvalue weighted by atomic mass is 9.99. The summed E-state index contributed by atoms with van der Waals surface area (Å²) in [6.07, 6.45) is 7.39. The van der Waals surface area contributed by atoms with Gasteiger partial charge in [0.1, 0.15) is 11.1 Å². The summed E-state index contributed by atoms with van der Waals surface area (Å²) in [5.74, 6) is 2.01. The molecule has 1 aliphatic carbocycles. The molecular formula is C18H24N2O3. The van der Waals surface area contributed by atoms with Crippen molar-refractivity contribution in [2.75, 3.05) is 19.7 Å². The van der Waals surface area contributed by atoms with Crippen LogP contribution < -0.4 is 14.8 Å². The Hall–Kier alpha value is -1.75. The van der Waals surface area contributed by atoms with Crippen molar-refractivity contribution in [3.63, 3.8) is 0 Å². The van der Waals surface area contributed by atoms with E-state index in [2.05, 4.69) is 10.5 Å². The lowest BCUT2D eigenvalue weighted by Crippen LogP contribution is -2.30. The highest BCUT2D eigenvalue weighted by Gasteiger charge is 2.22. The second kappa shape index (κ2) is 6.79. The van der Waals surface area contributed by atoms with Crippen LogP contribution in [0.15, 0.2) is 22.7 Å². The first-order valence-electron chi connectivity index (χ1n) is 8.79. The molecule has 1 N–H and O–H groups in total. The molecule has 0 spiro atoms. The Kier molecular flexibility index (Phi) is 4.37. The van der Waals surface area contributed by atoms with E-state index in [-0.39, 0.29) is 0 Å². The number of benzene rings is 1. The highest BCUT2D eigenvalue weighted by molar-refractivity contribution is 5.88. The van der Waals surface area contributed by atoms with Gasteiger partial charge in [0.2, 0.25) is 0 Å². The zero-order chi connectivity index (χ0) is 15.5. The summed E-state index contributed by atoms with van der Waals surface area (Å²) in [5.41, 5.74) is 0.737. The second-order valence-electron chi connectivity index (χ2n) is 6.65. The van der Waals surface area contributed by atoms with Crippen LogP contribution in [0.5, 0.6) is 11.6 Å². The minimum Gasteiger partial charge on any atom is -0.489 e. The summed E-state index contributed by atoms with van der Waals surface area (Å²) < 4.78 is 17.6. The summed E-state index contributed by atoms with van der Waals surface area (Å²) in [6.45, 7) is 2.84. The Bertz CT molecular complexity index is 643. The van der Waals surface area contributed by atoms with Crippen LogP contribution in [0.4, 0.5) is 0 Å². The van der Waals surface area contributed by atoms with Gasteiger partial charge in [-0.25, -0.2) is 0 Å². The molecule has 1 aliphatic heterocycles. The fourth-order valence-corrected chi connectivity index (χ4v) is 3.56. The van der Waals surface area contributed by atoms with Crippen LogP contribution >= 0.6 is 0 Å². The molecule has 5 nitrogen and oxygen atoms in total. The van der Waals surface area contributed by atoms with Crippen molar-refractivity contribution in [3.05, 3.63) is 18.2 Å². The van der Waals surface area contributed by atoms with Crippen molar-refractivity contribution in [3.8, 4) is 11.6 Å². The van der Waals surface area contributed by atoms with Gasteiger partial charge in [0.25, 0.3) is 5.88 Å². The summed E-state index contributed by atoms with van der Waals surface area (Å²) in [5, 5.41) is 8.38. The van der Waals surface area contributed by atoms with Crippen molar-refractivity contribution < 1.29 is 14.0 Å². The fraction of sp³-hybridized carbons (Fsp3) is 0.611. The molecule has 0 atom stereocenters. The molecule has 0 amide bonds. The molecule has 1 aromatic heterocycles. The molecule has 0 unspecified atom stereocenters. The van der Waals surface area contributed by atoms with E-state index in [1.807, 2.05) is 18.2 Å². The topological polar surface area (TPSA) is 56.5 Å². The second-order valence-corrected chi connectivity index (χ2v) is 6.65. The molecule has 0 radical (unpaired) electrons. The number of piperidine rings is 1. The number of rotatable bonds is 5. The number of hydrogen-bond acceptors (Lipinski definition) is 5. The first-order chi connectivity index (χ1) is 11.4. The van der Waals surface area contributed by atoms with Gasteiger partial charge in [0, 0.05) is 0 Å². The molecule has 1 saturated carbocycles. The van der Waals surface area contributed by atoms with Crippen LogP contribution in [0.1, 0.15) is 38.5 Å². The van der Waals surface area contributed by atoms with Gasteiger partial charge < -0.3 is 19.3 Å². The van der Waals surface area contributed by atoms with Gasteiger partial charge in [-0.1, -0.05) is 6.07 Å². The average Bonchev–Trinajstić information content (AvgIpc) is 3.24. The van der Waals surface area contributed by atoms with E-state index >= 15 is 0 Å². The standard InChI is InChI=1S/C18H24N2O3/c1-2-5-14(4-1)22-15-6-3-7-16-17(15)18(20-23-16)21-12-13-8-10-19-11-9-13/h3,6-7,13-14,19H,1-2,4-5,8-12H2. The van der Waals surface area contributed by atoms with Gasteiger partial charge in [0.15, 0.2) is 5.58 Å².